The van der Waals surface area contributed by atoms with Crippen molar-refractivity contribution in [3.8, 4) is 0 Å². The van der Waals surface area contributed by atoms with Crippen molar-refractivity contribution in [3.05, 3.63) is 57.8 Å². The summed E-state index contributed by atoms with van der Waals surface area (Å²) in [5, 5.41) is 8.20. The molecule has 4 rings (SSSR count). The standard InChI is InChI=1S/C19H20N4O2S/c24-18(20-12-16-9-14-5-1-2-6-17(14)26-16)13-23-19(25)10-15(11-21-23)22-7-3-4-8-22/h1-2,5-6,9-11H,3-4,7-8,12-13H2,(H,20,24). The van der Waals surface area contributed by atoms with E-state index in [1.54, 1.807) is 23.6 Å². The van der Waals surface area contributed by atoms with Crippen molar-refractivity contribution < 1.29 is 4.79 Å². The van der Waals surface area contributed by atoms with Crippen LogP contribution in [0, 0.1) is 0 Å². The molecule has 0 atom stereocenters. The second kappa shape index (κ2) is 7.29. The molecule has 1 aliphatic rings. The number of benzene rings is 1. The predicted octanol–water partition coefficient (Wildman–Crippen LogP) is 2.37. The van der Waals surface area contributed by atoms with Crippen LogP contribution in [0.3, 0.4) is 0 Å². The van der Waals surface area contributed by atoms with Gasteiger partial charge in [0.05, 0.1) is 18.4 Å². The highest BCUT2D eigenvalue weighted by Gasteiger charge is 2.14. The quantitative estimate of drug-likeness (QED) is 0.751. The van der Waals surface area contributed by atoms with Crippen molar-refractivity contribution in [2.75, 3.05) is 18.0 Å². The maximum atomic E-state index is 12.2. The maximum Gasteiger partial charge on any atom is 0.269 e. The van der Waals surface area contributed by atoms with Crippen molar-refractivity contribution in [1.29, 1.82) is 0 Å². The van der Waals surface area contributed by atoms with E-state index in [4.69, 9.17) is 0 Å². The zero-order chi connectivity index (χ0) is 17.9. The third-order valence-corrected chi connectivity index (χ3v) is 5.67. The fourth-order valence-electron chi connectivity index (χ4n) is 3.19. The van der Waals surface area contributed by atoms with Crippen LogP contribution in [0.5, 0.6) is 0 Å². The molecule has 26 heavy (non-hydrogen) atoms. The molecule has 0 bridgehead atoms. The maximum absolute atomic E-state index is 12.2. The molecule has 1 fully saturated rings. The molecule has 7 heteroatoms. The minimum Gasteiger partial charge on any atom is -0.370 e. The monoisotopic (exact) mass is 368 g/mol. The lowest BCUT2D eigenvalue weighted by Crippen LogP contribution is -2.33. The van der Waals surface area contributed by atoms with Crippen LogP contribution in [0.1, 0.15) is 17.7 Å². The number of hydrogen-bond donors (Lipinski definition) is 1. The first-order valence-corrected chi connectivity index (χ1v) is 9.57. The number of thiophene rings is 1. The van der Waals surface area contributed by atoms with E-state index in [-0.39, 0.29) is 18.0 Å². The number of nitrogens with one attached hydrogen (secondary N) is 1. The summed E-state index contributed by atoms with van der Waals surface area (Å²) in [5.41, 5.74) is 0.598. The van der Waals surface area contributed by atoms with Crippen LogP contribution in [-0.4, -0.2) is 28.8 Å². The van der Waals surface area contributed by atoms with Crippen molar-refractivity contribution >= 4 is 33.0 Å². The smallest absolute Gasteiger partial charge is 0.269 e. The molecule has 1 saturated heterocycles. The molecule has 3 aromatic rings. The second-order valence-corrected chi connectivity index (χ2v) is 7.60. The van der Waals surface area contributed by atoms with Gasteiger partial charge in [0.25, 0.3) is 5.56 Å². The minimum absolute atomic E-state index is 0.0655. The number of carbonyl (C=O) groups is 1. The fourth-order valence-corrected chi connectivity index (χ4v) is 4.20. The molecule has 1 amide bonds. The number of anilines is 1. The largest absolute Gasteiger partial charge is 0.370 e. The van der Waals surface area contributed by atoms with E-state index < -0.39 is 0 Å². The van der Waals surface area contributed by atoms with Gasteiger partial charge < -0.3 is 10.2 Å². The first-order valence-electron chi connectivity index (χ1n) is 8.75. The van der Waals surface area contributed by atoms with Crippen LogP contribution in [-0.2, 0) is 17.9 Å². The van der Waals surface area contributed by atoms with Gasteiger partial charge in [-0.25, -0.2) is 4.68 Å². The molecular formula is C19H20N4O2S. The normalized spacial score (nSPS) is 14.1. The number of rotatable bonds is 5. The molecule has 3 heterocycles. The Morgan fingerprint density at radius 1 is 1.19 bits per heavy atom. The van der Waals surface area contributed by atoms with Crippen LogP contribution in [0.25, 0.3) is 10.1 Å². The number of fused-ring (bicyclic) bond motifs is 1. The SMILES string of the molecule is O=C(Cn1ncc(N2CCCC2)cc1=O)NCc1cc2ccccc2s1. The average molecular weight is 368 g/mol. The van der Waals surface area contributed by atoms with E-state index in [2.05, 4.69) is 33.5 Å². The van der Waals surface area contributed by atoms with Crippen LogP contribution >= 0.6 is 11.3 Å². The van der Waals surface area contributed by atoms with E-state index >= 15 is 0 Å². The molecule has 1 N–H and O–H groups in total. The summed E-state index contributed by atoms with van der Waals surface area (Å²) in [5.74, 6) is -0.217. The minimum atomic E-state index is -0.244. The van der Waals surface area contributed by atoms with Gasteiger partial charge in [-0.3, -0.25) is 9.59 Å². The molecule has 1 aromatic carbocycles. The van der Waals surface area contributed by atoms with Gasteiger partial charge >= 0.3 is 0 Å². The Hall–Kier alpha value is -2.67. The van der Waals surface area contributed by atoms with Gasteiger partial charge in [0.2, 0.25) is 5.91 Å². The number of amides is 1. The Morgan fingerprint density at radius 2 is 2.00 bits per heavy atom. The lowest BCUT2D eigenvalue weighted by atomic mass is 10.2. The summed E-state index contributed by atoms with van der Waals surface area (Å²) in [4.78, 5) is 27.6. The summed E-state index contributed by atoms with van der Waals surface area (Å²) in [7, 11) is 0. The summed E-state index contributed by atoms with van der Waals surface area (Å²) in [6.07, 6.45) is 3.96. The van der Waals surface area contributed by atoms with E-state index in [0.29, 0.717) is 6.54 Å². The lowest BCUT2D eigenvalue weighted by Gasteiger charge is -2.16. The number of carbonyl (C=O) groups excluding carboxylic acids is 1. The molecule has 2 aromatic heterocycles. The van der Waals surface area contributed by atoms with E-state index in [1.165, 1.54) is 14.8 Å². The van der Waals surface area contributed by atoms with Gasteiger partial charge in [-0.05, 0) is 30.4 Å². The first kappa shape index (κ1) is 16.8. The van der Waals surface area contributed by atoms with Gasteiger partial charge in [-0.1, -0.05) is 18.2 Å². The first-order chi connectivity index (χ1) is 12.7. The Balaban J connectivity index is 1.37. The zero-order valence-electron chi connectivity index (χ0n) is 14.4. The van der Waals surface area contributed by atoms with Gasteiger partial charge in [-0.2, -0.15) is 5.10 Å². The van der Waals surface area contributed by atoms with Gasteiger partial charge in [0.15, 0.2) is 0 Å². The highest BCUT2D eigenvalue weighted by molar-refractivity contribution is 7.19. The predicted molar refractivity (Wildman–Crippen MR) is 104 cm³/mol. The van der Waals surface area contributed by atoms with Gasteiger partial charge in [-0.15, -0.1) is 11.3 Å². The van der Waals surface area contributed by atoms with Crippen LogP contribution in [0.2, 0.25) is 0 Å². The molecule has 0 radical (unpaired) electrons. The van der Waals surface area contributed by atoms with Gasteiger partial charge in [0, 0.05) is 28.7 Å². The number of nitrogens with zero attached hydrogens (tertiary/aromatic N) is 3. The molecule has 1 aliphatic heterocycles. The highest BCUT2D eigenvalue weighted by atomic mass is 32.1. The van der Waals surface area contributed by atoms with Crippen LogP contribution in [0.4, 0.5) is 5.69 Å². The Labute approximate surface area is 155 Å². The topological polar surface area (TPSA) is 67.2 Å². The summed E-state index contributed by atoms with van der Waals surface area (Å²) >= 11 is 1.66. The Kier molecular flexibility index (Phi) is 4.71. The van der Waals surface area contributed by atoms with Crippen LogP contribution in [0.15, 0.2) is 47.4 Å². The van der Waals surface area contributed by atoms with Crippen molar-refractivity contribution in [3.63, 3.8) is 0 Å². The molecule has 0 spiro atoms. The Morgan fingerprint density at radius 3 is 2.77 bits per heavy atom. The van der Waals surface area contributed by atoms with E-state index in [1.807, 2.05) is 12.1 Å². The third kappa shape index (κ3) is 3.62. The van der Waals surface area contributed by atoms with Crippen molar-refractivity contribution in [2.45, 2.75) is 25.9 Å². The summed E-state index contributed by atoms with van der Waals surface area (Å²) in [6, 6.07) is 11.8. The van der Waals surface area contributed by atoms with E-state index in [9.17, 15) is 9.59 Å². The summed E-state index contributed by atoms with van der Waals surface area (Å²) in [6.45, 7) is 2.31. The third-order valence-electron chi connectivity index (χ3n) is 4.56. The average Bonchev–Trinajstić information content (AvgIpc) is 3.31. The highest BCUT2D eigenvalue weighted by Crippen LogP contribution is 2.24. The fraction of sp³-hybridized carbons (Fsp3) is 0.316. The summed E-state index contributed by atoms with van der Waals surface area (Å²) < 4.78 is 2.41. The molecule has 0 saturated carbocycles. The molecule has 0 aliphatic carbocycles. The van der Waals surface area contributed by atoms with Crippen molar-refractivity contribution in [2.24, 2.45) is 0 Å². The van der Waals surface area contributed by atoms with Crippen LogP contribution < -0.4 is 15.8 Å². The lowest BCUT2D eigenvalue weighted by molar-refractivity contribution is -0.122. The molecular weight excluding hydrogens is 348 g/mol. The molecule has 134 valence electrons. The molecule has 6 nitrogen and oxygen atoms in total. The van der Waals surface area contributed by atoms with E-state index in [0.717, 1.165) is 36.5 Å². The number of aromatic nitrogens is 2. The zero-order valence-corrected chi connectivity index (χ0v) is 15.2. The second-order valence-electron chi connectivity index (χ2n) is 6.43. The van der Waals surface area contributed by atoms with Crippen molar-refractivity contribution in [1.82, 2.24) is 15.1 Å². The van der Waals surface area contributed by atoms with Gasteiger partial charge in [0.1, 0.15) is 6.54 Å². The number of hydrogen-bond acceptors (Lipinski definition) is 5. The molecule has 0 unspecified atom stereocenters. The Bertz CT molecular complexity index is 955.